The predicted molar refractivity (Wildman–Crippen MR) is 93.7 cm³/mol. The molecule has 0 unspecified atom stereocenters. The van der Waals surface area contributed by atoms with Gasteiger partial charge in [0, 0.05) is 17.1 Å². The molecule has 0 aromatic heterocycles. The van der Waals surface area contributed by atoms with Crippen molar-refractivity contribution in [1.29, 1.82) is 0 Å². The number of ether oxygens (including phenoxy) is 1. The minimum atomic E-state index is -0.157. The van der Waals surface area contributed by atoms with Crippen LogP contribution in [0, 0.1) is 0 Å². The van der Waals surface area contributed by atoms with Gasteiger partial charge in [0.1, 0.15) is 5.75 Å². The first-order chi connectivity index (χ1) is 11.5. The Morgan fingerprint density at radius 3 is 2.88 bits per heavy atom. The van der Waals surface area contributed by atoms with Crippen LogP contribution in [0.15, 0.2) is 36.4 Å². The molecule has 6 heteroatoms. The van der Waals surface area contributed by atoms with Crippen LogP contribution in [0.3, 0.4) is 0 Å². The number of carbonyl (C=O) groups excluding carboxylic acids is 2. The molecule has 2 aromatic rings. The monoisotopic (exact) mass is 344 g/mol. The summed E-state index contributed by atoms with van der Waals surface area (Å²) < 4.78 is 5.22. The fraction of sp³-hybridized carbons (Fsp3) is 0.222. The molecule has 2 N–H and O–H groups in total. The topological polar surface area (TPSA) is 67.4 Å². The number of benzene rings is 2. The van der Waals surface area contributed by atoms with Gasteiger partial charge in [0.05, 0.1) is 19.2 Å². The molecule has 1 aliphatic rings. The smallest absolute Gasteiger partial charge is 0.228 e. The molecule has 24 heavy (non-hydrogen) atoms. The standard InChI is InChI=1S/C18H17ClN2O3/c1-24-16-6-4-13(19)10-15(16)21-18(23)9-11-2-5-14-12(8-11)3-7-17(22)20-14/h2,4-6,8,10H,3,7,9H2,1H3,(H,20,22)(H,21,23). The molecule has 0 saturated carbocycles. The summed E-state index contributed by atoms with van der Waals surface area (Å²) in [6, 6.07) is 10.7. The molecule has 0 fully saturated rings. The zero-order valence-corrected chi connectivity index (χ0v) is 13.9. The first-order valence-electron chi connectivity index (χ1n) is 7.60. The molecule has 124 valence electrons. The Kier molecular flexibility index (Phi) is 4.71. The molecule has 0 aliphatic carbocycles. The number of methoxy groups -OCH3 is 1. The van der Waals surface area contributed by atoms with Gasteiger partial charge in [-0.1, -0.05) is 23.7 Å². The molecule has 5 nitrogen and oxygen atoms in total. The van der Waals surface area contributed by atoms with E-state index in [1.165, 1.54) is 7.11 Å². The van der Waals surface area contributed by atoms with E-state index in [9.17, 15) is 9.59 Å². The summed E-state index contributed by atoms with van der Waals surface area (Å²) in [6.45, 7) is 0. The first-order valence-corrected chi connectivity index (χ1v) is 7.98. The van der Waals surface area contributed by atoms with E-state index in [1.54, 1.807) is 18.2 Å². The van der Waals surface area contributed by atoms with E-state index in [-0.39, 0.29) is 18.2 Å². The highest BCUT2D eigenvalue weighted by molar-refractivity contribution is 6.31. The van der Waals surface area contributed by atoms with Gasteiger partial charge in [-0.05, 0) is 41.8 Å². The largest absolute Gasteiger partial charge is 0.495 e. The Morgan fingerprint density at radius 2 is 2.08 bits per heavy atom. The zero-order valence-electron chi connectivity index (χ0n) is 13.2. The van der Waals surface area contributed by atoms with Crippen LogP contribution < -0.4 is 15.4 Å². The van der Waals surface area contributed by atoms with Crippen molar-refractivity contribution in [2.24, 2.45) is 0 Å². The maximum absolute atomic E-state index is 12.3. The number of rotatable bonds is 4. The fourth-order valence-electron chi connectivity index (χ4n) is 2.70. The molecule has 0 radical (unpaired) electrons. The average Bonchev–Trinajstić information content (AvgIpc) is 2.55. The Morgan fingerprint density at radius 1 is 1.25 bits per heavy atom. The van der Waals surface area contributed by atoms with Crippen LogP contribution in [0.5, 0.6) is 5.75 Å². The number of anilines is 2. The molecule has 2 aromatic carbocycles. The van der Waals surface area contributed by atoms with Gasteiger partial charge in [0.15, 0.2) is 0 Å². The maximum atomic E-state index is 12.3. The number of hydrogen-bond donors (Lipinski definition) is 2. The second-order valence-corrected chi connectivity index (χ2v) is 6.05. The number of nitrogens with one attached hydrogen (secondary N) is 2. The Bertz CT molecular complexity index is 805. The van der Waals surface area contributed by atoms with Crippen molar-refractivity contribution in [2.75, 3.05) is 17.7 Å². The molecule has 0 saturated heterocycles. The summed E-state index contributed by atoms with van der Waals surface area (Å²) >= 11 is 5.97. The Labute approximate surface area is 145 Å². The summed E-state index contributed by atoms with van der Waals surface area (Å²) in [6.07, 6.45) is 1.40. The molecule has 2 amide bonds. The van der Waals surface area contributed by atoms with Crippen molar-refractivity contribution < 1.29 is 14.3 Å². The lowest BCUT2D eigenvalue weighted by Gasteiger charge is -2.17. The van der Waals surface area contributed by atoms with Crippen molar-refractivity contribution in [1.82, 2.24) is 0 Å². The van der Waals surface area contributed by atoms with Gasteiger partial charge < -0.3 is 15.4 Å². The summed E-state index contributed by atoms with van der Waals surface area (Å²) in [5.41, 5.74) is 3.32. The van der Waals surface area contributed by atoms with Gasteiger partial charge in [-0.25, -0.2) is 0 Å². The minimum Gasteiger partial charge on any atom is -0.495 e. The number of halogens is 1. The van der Waals surface area contributed by atoms with Crippen molar-refractivity contribution in [3.8, 4) is 5.75 Å². The van der Waals surface area contributed by atoms with E-state index in [4.69, 9.17) is 16.3 Å². The fourth-order valence-corrected chi connectivity index (χ4v) is 2.88. The summed E-state index contributed by atoms with van der Waals surface area (Å²) in [7, 11) is 1.54. The van der Waals surface area contributed by atoms with Crippen molar-refractivity contribution >= 4 is 34.8 Å². The van der Waals surface area contributed by atoms with E-state index < -0.39 is 0 Å². The van der Waals surface area contributed by atoms with Gasteiger partial charge in [0.2, 0.25) is 11.8 Å². The minimum absolute atomic E-state index is 0.0287. The second kappa shape index (κ2) is 6.93. The molecular formula is C18H17ClN2O3. The number of hydrogen-bond acceptors (Lipinski definition) is 3. The lowest BCUT2D eigenvalue weighted by atomic mass is 9.99. The highest BCUT2D eigenvalue weighted by Gasteiger charge is 2.16. The quantitative estimate of drug-likeness (QED) is 0.893. The zero-order chi connectivity index (χ0) is 17.1. The third kappa shape index (κ3) is 3.68. The van der Waals surface area contributed by atoms with Crippen LogP contribution in [0.2, 0.25) is 5.02 Å². The van der Waals surface area contributed by atoms with Gasteiger partial charge in [-0.15, -0.1) is 0 Å². The van der Waals surface area contributed by atoms with Gasteiger partial charge >= 0.3 is 0 Å². The Hall–Kier alpha value is -2.53. The van der Waals surface area contributed by atoms with Crippen LogP contribution in [-0.4, -0.2) is 18.9 Å². The highest BCUT2D eigenvalue weighted by atomic mass is 35.5. The number of fused-ring (bicyclic) bond motifs is 1. The van der Waals surface area contributed by atoms with Crippen molar-refractivity contribution in [2.45, 2.75) is 19.3 Å². The molecule has 1 aliphatic heterocycles. The molecule has 0 atom stereocenters. The van der Waals surface area contributed by atoms with E-state index in [2.05, 4.69) is 10.6 Å². The second-order valence-electron chi connectivity index (χ2n) is 5.61. The third-order valence-electron chi connectivity index (χ3n) is 3.87. The van der Waals surface area contributed by atoms with Crippen LogP contribution in [0.25, 0.3) is 0 Å². The summed E-state index contributed by atoms with van der Waals surface area (Å²) in [5.74, 6) is 0.428. The third-order valence-corrected chi connectivity index (χ3v) is 4.10. The van der Waals surface area contributed by atoms with Gasteiger partial charge in [-0.2, -0.15) is 0 Å². The number of aryl methyl sites for hydroxylation is 1. The van der Waals surface area contributed by atoms with Crippen LogP contribution >= 0.6 is 11.6 Å². The lowest BCUT2D eigenvalue weighted by molar-refractivity contribution is -0.117. The molecule has 3 rings (SSSR count). The van der Waals surface area contributed by atoms with Crippen LogP contribution in [0.1, 0.15) is 17.5 Å². The van der Waals surface area contributed by atoms with Crippen LogP contribution in [-0.2, 0) is 22.4 Å². The molecule has 0 spiro atoms. The molecule has 1 heterocycles. The average molecular weight is 345 g/mol. The first kappa shape index (κ1) is 16.3. The van der Waals surface area contributed by atoms with E-state index >= 15 is 0 Å². The number of carbonyl (C=O) groups is 2. The summed E-state index contributed by atoms with van der Waals surface area (Å²) in [5, 5.41) is 6.17. The van der Waals surface area contributed by atoms with E-state index in [1.807, 2.05) is 18.2 Å². The van der Waals surface area contributed by atoms with Gasteiger partial charge in [-0.3, -0.25) is 9.59 Å². The van der Waals surface area contributed by atoms with Crippen LogP contribution in [0.4, 0.5) is 11.4 Å². The Balaban J connectivity index is 1.71. The molecular weight excluding hydrogens is 328 g/mol. The SMILES string of the molecule is COc1ccc(Cl)cc1NC(=O)Cc1ccc2c(c1)CCC(=O)N2. The highest BCUT2D eigenvalue weighted by Crippen LogP contribution is 2.28. The molecule has 0 bridgehead atoms. The summed E-state index contributed by atoms with van der Waals surface area (Å²) in [4.78, 5) is 23.7. The van der Waals surface area contributed by atoms with Crippen molar-refractivity contribution in [3.05, 3.63) is 52.5 Å². The number of amides is 2. The maximum Gasteiger partial charge on any atom is 0.228 e. The van der Waals surface area contributed by atoms with E-state index in [0.29, 0.717) is 29.3 Å². The predicted octanol–water partition coefficient (Wildman–Crippen LogP) is 3.41. The lowest BCUT2D eigenvalue weighted by Crippen LogP contribution is -2.19. The van der Waals surface area contributed by atoms with Crippen molar-refractivity contribution in [3.63, 3.8) is 0 Å². The normalized spacial score (nSPS) is 13.0. The van der Waals surface area contributed by atoms with Gasteiger partial charge in [0.25, 0.3) is 0 Å². The van der Waals surface area contributed by atoms with E-state index in [0.717, 1.165) is 16.8 Å².